The lowest BCUT2D eigenvalue weighted by Crippen LogP contribution is -2.35. The fourth-order valence-corrected chi connectivity index (χ4v) is 2.03. The van der Waals surface area contributed by atoms with Crippen LogP contribution in [0.3, 0.4) is 0 Å². The number of fused-ring (bicyclic) bond motifs is 1. The Morgan fingerprint density at radius 1 is 1.40 bits per heavy atom. The van der Waals surface area contributed by atoms with Crippen LogP contribution in [0.25, 0.3) is 0 Å². The number of nitrogens with zero attached hydrogens (tertiary/aromatic N) is 3. The largest absolute Gasteiger partial charge is 0.465 e. The molecular formula is C8H7Cl2N3O2. The molecule has 2 rings (SSSR count). The average molecular weight is 248 g/mol. The van der Waals surface area contributed by atoms with Crippen LogP contribution in [-0.2, 0) is 6.42 Å². The zero-order valence-corrected chi connectivity index (χ0v) is 9.09. The normalized spacial score (nSPS) is 14.9. The van der Waals surface area contributed by atoms with E-state index in [0.29, 0.717) is 30.8 Å². The van der Waals surface area contributed by atoms with Crippen LogP contribution in [0.15, 0.2) is 0 Å². The molecule has 1 aromatic rings. The van der Waals surface area contributed by atoms with E-state index in [1.54, 1.807) is 0 Å². The molecule has 15 heavy (non-hydrogen) atoms. The quantitative estimate of drug-likeness (QED) is 0.564. The van der Waals surface area contributed by atoms with Gasteiger partial charge in [0, 0.05) is 12.1 Å². The molecule has 0 spiro atoms. The maximum Gasteiger partial charge on any atom is 0.413 e. The molecule has 80 valence electrons. The Kier molecular flexibility index (Phi) is 2.67. The van der Waals surface area contributed by atoms with Crippen molar-refractivity contribution in [1.82, 2.24) is 9.97 Å². The Bertz CT molecular complexity index is 425. The Morgan fingerprint density at radius 2 is 2.13 bits per heavy atom. The van der Waals surface area contributed by atoms with Gasteiger partial charge in [-0.2, -0.15) is 4.98 Å². The number of hydrogen-bond donors (Lipinski definition) is 1. The minimum atomic E-state index is -1.05. The number of anilines is 1. The van der Waals surface area contributed by atoms with Crippen LogP contribution in [0.2, 0.25) is 10.4 Å². The molecule has 0 atom stereocenters. The van der Waals surface area contributed by atoms with Crippen molar-refractivity contribution >= 4 is 35.1 Å². The maximum atomic E-state index is 10.9. The number of amides is 1. The first kappa shape index (κ1) is 10.4. The molecule has 0 saturated carbocycles. The molecular weight excluding hydrogens is 241 g/mol. The van der Waals surface area contributed by atoms with E-state index in [2.05, 4.69) is 9.97 Å². The number of rotatable bonds is 0. The summed E-state index contributed by atoms with van der Waals surface area (Å²) in [5.74, 6) is 0.304. The van der Waals surface area contributed by atoms with Crippen molar-refractivity contribution in [3.05, 3.63) is 16.0 Å². The summed E-state index contributed by atoms with van der Waals surface area (Å²) in [7, 11) is 0. The Balaban J connectivity index is 2.55. The van der Waals surface area contributed by atoms with E-state index in [0.717, 1.165) is 4.90 Å². The van der Waals surface area contributed by atoms with Gasteiger partial charge in [0.2, 0.25) is 5.28 Å². The summed E-state index contributed by atoms with van der Waals surface area (Å²) >= 11 is 11.5. The highest BCUT2D eigenvalue weighted by Crippen LogP contribution is 2.30. The predicted molar refractivity (Wildman–Crippen MR) is 55.7 cm³/mol. The SMILES string of the molecule is O=C(O)N1CCCc2c(Cl)nc(Cl)nc21. The van der Waals surface area contributed by atoms with E-state index in [9.17, 15) is 4.79 Å². The summed E-state index contributed by atoms with van der Waals surface area (Å²) in [5.41, 5.74) is 0.648. The van der Waals surface area contributed by atoms with Crippen LogP contribution in [0.5, 0.6) is 0 Å². The monoisotopic (exact) mass is 247 g/mol. The molecule has 0 aliphatic carbocycles. The Hall–Kier alpha value is -1.07. The highest BCUT2D eigenvalue weighted by atomic mass is 35.5. The molecule has 0 aromatic carbocycles. The highest BCUT2D eigenvalue weighted by Gasteiger charge is 2.26. The van der Waals surface area contributed by atoms with Crippen molar-refractivity contribution in [3.63, 3.8) is 0 Å². The fraction of sp³-hybridized carbons (Fsp3) is 0.375. The first-order valence-electron chi connectivity index (χ1n) is 4.32. The summed E-state index contributed by atoms with van der Waals surface area (Å²) < 4.78 is 0. The van der Waals surface area contributed by atoms with Crippen LogP contribution >= 0.6 is 23.2 Å². The van der Waals surface area contributed by atoms with E-state index in [1.807, 2.05) is 0 Å². The van der Waals surface area contributed by atoms with Gasteiger partial charge in [0.25, 0.3) is 0 Å². The molecule has 0 radical (unpaired) electrons. The average Bonchev–Trinajstić information content (AvgIpc) is 2.16. The third kappa shape index (κ3) is 1.85. The van der Waals surface area contributed by atoms with Crippen molar-refractivity contribution < 1.29 is 9.90 Å². The van der Waals surface area contributed by atoms with E-state index in [-0.39, 0.29) is 10.4 Å². The molecule has 0 fully saturated rings. The van der Waals surface area contributed by atoms with Gasteiger partial charge in [0.05, 0.1) is 0 Å². The van der Waals surface area contributed by atoms with Gasteiger partial charge >= 0.3 is 6.09 Å². The number of carboxylic acid groups (broad SMARTS) is 1. The van der Waals surface area contributed by atoms with Gasteiger partial charge in [-0.25, -0.2) is 9.78 Å². The lowest BCUT2D eigenvalue weighted by Gasteiger charge is -2.25. The molecule has 1 N–H and O–H groups in total. The second kappa shape index (κ2) is 3.83. The molecule has 0 bridgehead atoms. The zero-order valence-electron chi connectivity index (χ0n) is 7.57. The second-order valence-corrected chi connectivity index (χ2v) is 3.82. The van der Waals surface area contributed by atoms with Gasteiger partial charge < -0.3 is 5.11 Å². The Labute approximate surface area is 95.6 Å². The lowest BCUT2D eigenvalue weighted by molar-refractivity contribution is 0.201. The van der Waals surface area contributed by atoms with Crippen LogP contribution in [0.4, 0.5) is 10.6 Å². The van der Waals surface area contributed by atoms with Crippen molar-refractivity contribution in [1.29, 1.82) is 0 Å². The fourth-order valence-electron chi connectivity index (χ4n) is 1.56. The molecule has 5 nitrogen and oxygen atoms in total. The van der Waals surface area contributed by atoms with E-state index < -0.39 is 6.09 Å². The van der Waals surface area contributed by atoms with E-state index in [1.165, 1.54) is 0 Å². The number of carbonyl (C=O) groups is 1. The predicted octanol–water partition coefficient (Wildman–Crippen LogP) is 2.21. The van der Waals surface area contributed by atoms with Gasteiger partial charge in [0.1, 0.15) is 11.0 Å². The zero-order chi connectivity index (χ0) is 11.0. The molecule has 2 heterocycles. The number of aromatic nitrogens is 2. The second-order valence-electron chi connectivity index (χ2n) is 3.12. The van der Waals surface area contributed by atoms with E-state index in [4.69, 9.17) is 28.3 Å². The highest BCUT2D eigenvalue weighted by molar-refractivity contribution is 6.32. The topological polar surface area (TPSA) is 66.3 Å². The van der Waals surface area contributed by atoms with Crippen molar-refractivity contribution in [2.45, 2.75) is 12.8 Å². The third-order valence-electron chi connectivity index (χ3n) is 2.20. The third-order valence-corrected chi connectivity index (χ3v) is 2.68. The molecule has 1 aromatic heterocycles. The van der Waals surface area contributed by atoms with Gasteiger partial charge in [-0.3, -0.25) is 4.90 Å². The lowest BCUT2D eigenvalue weighted by atomic mass is 10.1. The van der Waals surface area contributed by atoms with Crippen molar-refractivity contribution in [2.75, 3.05) is 11.4 Å². The van der Waals surface area contributed by atoms with Crippen LogP contribution in [0.1, 0.15) is 12.0 Å². The smallest absolute Gasteiger partial charge is 0.413 e. The first-order chi connectivity index (χ1) is 7.09. The van der Waals surface area contributed by atoms with Gasteiger partial charge in [-0.15, -0.1) is 0 Å². The number of halogens is 2. The summed E-state index contributed by atoms with van der Waals surface area (Å²) in [5, 5.41) is 9.14. The van der Waals surface area contributed by atoms with Crippen LogP contribution in [0, 0.1) is 0 Å². The molecule has 7 heteroatoms. The number of hydrogen-bond acceptors (Lipinski definition) is 3. The minimum absolute atomic E-state index is 0.0353. The van der Waals surface area contributed by atoms with Gasteiger partial charge in [0.15, 0.2) is 0 Å². The summed E-state index contributed by atoms with van der Waals surface area (Å²) in [6.07, 6.45) is 0.334. The van der Waals surface area contributed by atoms with Crippen molar-refractivity contribution in [2.24, 2.45) is 0 Å². The molecule has 1 aliphatic rings. The first-order valence-corrected chi connectivity index (χ1v) is 5.07. The molecule has 1 aliphatic heterocycles. The Morgan fingerprint density at radius 3 is 2.80 bits per heavy atom. The summed E-state index contributed by atoms with van der Waals surface area (Å²) in [6.45, 7) is 0.409. The van der Waals surface area contributed by atoms with Gasteiger partial charge in [-0.05, 0) is 24.4 Å². The van der Waals surface area contributed by atoms with Gasteiger partial charge in [-0.1, -0.05) is 11.6 Å². The van der Waals surface area contributed by atoms with Crippen molar-refractivity contribution in [3.8, 4) is 0 Å². The van der Waals surface area contributed by atoms with Crippen LogP contribution < -0.4 is 4.90 Å². The minimum Gasteiger partial charge on any atom is -0.465 e. The standard InChI is InChI=1S/C8H7Cl2N3O2/c9-5-4-2-1-3-13(8(14)15)6(4)12-7(10)11-5/h1-3H2,(H,14,15). The molecule has 1 amide bonds. The molecule has 0 unspecified atom stereocenters. The summed E-state index contributed by atoms with van der Waals surface area (Å²) in [4.78, 5) is 19.7. The summed E-state index contributed by atoms with van der Waals surface area (Å²) in [6, 6.07) is 0. The van der Waals surface area contributed by atoms with E-state index >= 15 is 0 Å². The maximum absolute atomic E-state index is 10.9. The molecule has 0 saturated heterocycles. The van der Waals surface area contributed by atoms with Crippen LogP contribution in [-0.4, -0.2) is 27.7 Å².